The van der Waals surface area contributed by atoms with Gasteiger partial charge in [0.2, 0.25) is 5.91 Å². The van der Waals surface area contributed by atoms with Gasteiger partial charge in [-0.3, -0.25) is 9.59 Å². The van der Waals surface area contributed by atoms with Gasteiger partial charge >= 0.3 is 0 Å². The second kappa shape index (κ2) is 14.9. The Morgan fingerprint density at radius 1 is 0.780 bits per heavy atom. The average molecular weight is 560 g/mol. The van der Waals surface area contributed by atoms with E-state index in [1.54, 1.807) is 17.0 Å². The number of halogens is 2. The van der Waals surface area contributed by atoms with Crippen LogP contribution >= 0.6 is 0 Å². The van der Waals surface area contributed by atoms with Crippen molar-refractivity contribution in [1.82, 2.24) is 14.4 Å². The first-order valence-electron chi connectivity index (χ1n) is 13.8. The molecule has 0 radical (unpaired) electrons. The number of amides is 2. The lowest BCUT2D eigenvalue weighted by Crippen LogP contribution is -2.43. The van der Waals surface area contributed by atoms with Crippen molar-refractivity contribution in [3.63, 3.8) is 0 Å². The molecule has 0 unspecified atom stereocenters. The van der Waals surface area contributed by atoms with Crippen LogP contribution in [0.25, 0.3) is 0 Å². The minimum Gasteiger partial charge on any atom is -0.382 e. The molecule has 0 saturated carbocycles. The van der Waals surface area contributed by atoms with Gasteiger partial charge in [-0.15, -0.1) is 0 Å². The molecule has 0 aliphatic rings. The molecule has 3 aromatic carbocycles. The van der Waals surface area contributed by atoms with Crippen LogP contribution in [0.2, 0.25) is 0 Å². The van der Waals surface area contributed by atoms with Gasteiger partial charge in [0.25, 0.3) is 5.91 Å². The van der Waals surface area contributed by atoms with Crippen molar-refractivity contribution < 1.29 is 23.1 Å². The van der Waals surface area contributed by atoms with Crippen LogP contribution in [0.15, 0.2) is 97.2 Å². The van der Waals surface area contributed by atoms with Crippen LogP contribution < -0.4 is 0 Å². The number of carbonyl (C=O) groups is 2. The lowest BCUT2D eigenvalue weighted by molar-refractivity contribution is -0.133. The van der Waals surface area contributed by atoms with Gasteiger partial charge in [-0.1, -0.05) is 42.5 Å². The zero-order valence-electron chi connectivity index (χ0n) is 23.2. The SMILES string of the molecule is CCOCCCN(CC(=O)N(Cc1ccccc1)Cc1cccn1Cc1ccc(F)cc1)C(=O)c1ccc(F)cc1. The highest BCUT2D eigenvalue weighted by atomic mass is 19.1. The lowest BCUT2D eigenvalue weighted by atomic mass is 10.1. The Balaban J connectivity index is 1.55. The lowest BCUT2D eigenvalue weighted by Gasteiger charge is -2.28. The zero-order chi connectivity index (χ0) is 29.0. The molecule has 0 spiro atoms. The molecule has 0 bridgehead atoms. The molecule has 8 heteroatoms. The minimum absolute atomic E-state index is 0.131. The molecule has 1 aromatic heterocycles. The number of nitrogens with zero attached hydrogens (tertiary/aromatic N) is 3. The fourth-order valence-corrected chi connectivity index (χ4v) is 4.56. The van der Waals surface area contributed by atoms with Crippen LogP contribution in [0.1, 0.15) is 40.5 Å². The van der Waals surface area contributed by atoms with Crippen LogP contribution in [0.3, 0.4) is 0 Å². The molecule has 0 atom stereocenters. The van der Waals surface area contributed by atoms with Gasteiger partial charge in [-0.2, -0.15) is 0 Å². The third-order valence-electron chi connectivity index (χ3n) is 6.74. The van der Waals surface area contributed by atoms with Crippen molar-refractivity contribution >= 4 is 11.8 Å². The first-order chi connectivity index (χ1) is 19.9. The number of rotatable bonds is 14. The van der Waals surface area contributed by atoms with Gasteiger partial charge in [-0.05, 0) is 73.0 Å². The number of hydrogen-bond acceptors (Lipinski definition) is 3. The van der Waals surface area contributed by atoms with E-state index in [9.17, 15) is 18.4 Å². The molecule has 0 fully saturated rings. The van der Waals surface area contributed by atoms with Crippen LogP contribution in [-0.2, 0) is 29.2 Å². The van der Waals surface area contributed by atoms with Gasteiger partial charge in [0.15, 0.2) is 0 Å². The van der Waals surface area contributed by atoms with E-state index >= 15 is 0 Å². The number of aromatic nitrogens is 1. The predicted molar refractivity (Wildman–Crippen MR) is 154 cm³/mol. The minimum atomic E-state index is -0.432. The third-order valence-corrected chi connectivity index (χ3v) is 6.74. The number of hydrogen-bond donors (Lipinski definition) is 0. The summed E-state index contributed by atoms with van der Waals surface area (Å²) in [7, 11) is 0. The number of carbonyl (C=O) groups excluding carboxylic acids is 2. The Kier molecular flexibility index (Phi) is 10.8. The molecule has 0 saturated heterocycles. The summed E-state index contributed by atoms with van der Waals surface area (Å²) < 4.78 is 34.4. The summed E-state index contributed by atoms with van der Waals surface area (Å²) in [6.45, 7) is 4.32. The van der Waals surface area contributed by atoms with Crippen LogP contribution in [0, 0.1) is 11.6 Å². The highest BCUT2D eigenvalue weighted by Gasteiger charge is 2.23. The molecule has 6 nitrogen and oxygen atoms in total. The van der Waals surface area contributed by atoms with E-state index in [4.69, 9.17) is 4.74 Å². The smallest absolute Gasteiger partial charge is 0.254 e. The van der Waals surface area contributed by atoms with Crippen molar-refractivity contribution in [3.8, 4) is 0 Å². The van der Waals surface area contributed by atoms with Crippen molar-refractivity contribution in [2.75, 3.05) is 26.3 Å². The third kappa shape index (κ3) is 8.85. The van der Waals surface area contributed by atoms with E-state index in [0.717, 1.165) is 16.8 Å². The second-order valence-electron chi connectivity index (χ2n) is 9.77. The van der Waals surface area contributed by atoms with Crippen LogP contribution in [0.5, 0.6) is 0 Å². The Hall–Kier alpha value is -4.30. The van der Waals surface area contributed by atoms with Gasteiger partial charge in [-0.25, -0.2) is 8.78 Å². The summed E-state index contributed by atoms with van der Waals surface area (Å²) in [4.78, 5) is 30.5. The van der Waals surface area contributed by atoms with Crippen molar-refractivity contribution in [1.29, 1.82) is 0 Å². The van der Waals surface area contributed by atoms with E-state index in [-0.39, 0.29) is 24.2 Å². The van der Waals surface area contributed by atoms with E-state index in [1.165, 1.54) is 41.3 Å². The van der Waals surface area contributed by atoms with Crippen molar-refractivity contribution in [3.05, 3.63) is 131 Å². The first kappa shape index (κ1) is 29.7. The molecule has 0 aliphatic heterocycles. The van der Waals surface area contributed by atoms with Crippen LogP contribution in [-0.4, -0.2) is 52.5 Å². The van der Waals surface area contributed by atoms with E-state index in [2.05, 4.69) is 0 Å². The van der Waals surface area contributed by atoms with Gasteiger partial charge in [0, 0.05) is 50.3 Å². The Morgan fingerprint density at radius 3 is 2.15 bits per heavy atom. The standard InChI is InChI=1S/C33H35F2N3O3/c1-2-41-21-7-20-37(33(40)28-13-17-30(35)18-14-28)25-32(39)38(23-26-8-4-3-5-9-26)24-31-10-6-19-36(31)22-27-11-15-29(34)16-12-27/h3-6,8-19H,2,7,20-25H2,1H3. The molecule has 1 heterocycles. The number of benzene rings is 3. The summed E-state index contributed by atoms with van der Waals surface area (Å²) in [5.74, 6) is -1.27. The summed E-state index contributed by atoms with van der Waals surface area (Å²) in [6.07, 6.45) is 2.50. The summed E-state index contributed by atoms with van der Waals surface area (Å²) in [5.41, 5.74) is 3.13. The molecule has 4 rings (SSSR count). The molecule has 0 N–H and O–H groups in total. The Labute approximate surface area is 239 Å². The highest BCUT2D eigenvalue weighted by Crippen LogP contribution is 2.16. The largest absolute Gasteiger partial charge is 0.382 e. The summed E-state index contributed by atoms with van der Waals surface area (Å²) >= 11 is 0. The molecule has 41 heavy (non-hydrogen) atoms. The quantitative estimate of drug-likeness (QED) is 0.181. The van der Waals surface area contributed by atoms with E-state index < -0.39 is 5.82 Å². The Morgan fingerprint density at radius 2 is 1.46 bits per heavy atom. The Bertz CT molecular complexity index is 1390. The summed E-state index contributed by atoms with van der Waals surface area (Å²) in [5, 5.41) is 0. The fourth-order valence-electron chi connectivity index (χ4n) is 4.56. The van der Waals surface area contributed by atoms with Gasteiger partial charge in [0.1, 0.15) is 18.2 Å². The zero-order valence-corrected chi connectivity index (χ0v) is 23.2. The molecule has 214 valence electrons. The first-order valence-corrected chi connectivity index (χ1v) is 13.8. The highest BCUT2D eigenvalue weighted by molar-refractivity contribution is 5.96. The molecule has 4 aromatic rings. The molecular formula is C33H35F2N3O3. The second-order valence-corrected chi connectivity index (χ2v) is 9.77. The van der Waals surface area contributed by atoms with E-state index in [0.29, 0.717) is 51.4 Å². The topological polar surface area (TPSA) is 54.8 Å². The van der Waals surface area contributed by atoms with Gasteiger partial charge in [0.05, 0.1) is 6.54 Å². The van der Waals surface area contributed by atoms with Crippen LogP contribution in [0.4, 0.5) is 8.78 Å². The average Bonchev–Trinajstić information content (AvgIpc) is 3.42. The van der Waals surface area contributed by atoms with Crippen molar-refractivity contribution in [2.45, 2.75) is 33.0 Å². The van der Waals surface area contributed by atoms with Gasteiger partial charge < -0.3 is 19.1 Å². The van der Waals surface area contributed by atoms with E-state index in [1.807, 2.05) is 60.2 Å². The molecule has 0 aliphatic carbocycles. The summed E-state index contributed by atoms with van der Waals surface area (Å²) in [6, 6.07) is 25.3. The molecular weight excluding hydrogens is 524 g/mol. The predicted octanol–water partition coefficient (Wildman–Crippen LogP) is 5.91. The van der Waals surface area contributed by atoms with Crippen molar-refractivity contribution in [2.24, 2.45) is 0 Å². The maximum absolute atomic E-state index is 13.9. The maximum atomic E-state index is 13.9. The fraction of sp³-hybridized carbons (Fsp3) is 0.273. The number of ether oxygens (including phenoxy) is 1. The maximum Gasteiger partial charge on any atom is 0.254 e. The monoisotopic (exact) mass is 559 g/mol. The molecule has 2 amide bonds. The normalized spacial score (nSPS) is 10.9.